The Morgan fingerprint density at radius 1 is 0.400 bits per heavy atom. The number of carboxylic acid groups (broad SMARTS) is 3. The molecule has 3 aromatic rings. The van der Waals surface area contributed by atoms with Gasteiger partial charge in [0.05, 0.1) is 17.8 Å². The van der Waals surface area contributed by atoms with Crippen LogP contribution in [0.2, 0.25) is 0 Å². The Bertz CT molecular complexity index is 2280. The summed E-state index contributed by atoms with van der Waals surface area (Å²) in [6, 6.07) is 24.7. The molecule has 0 aromatic heterocycles. The minimum atomic E-state index is -1.35. The first-order valence-corrected chi connectivity index (χ1v) is 27.1. The van der Waals surface area contributed by atoms with Gasteiger partial charge in [-0.05, 0) is 190 Å². The lowest BCUT2D eigenvalue weighted by Gasteiger charge is -2.30. The quantitative estimate of drug-likeness (QED) is 0.0339. The predicted octanol–water partition coefficient (Wildman–Crippen LogP) is 17.0. The second-order valence-corrected chi connectivity index (χ2v) is 24.8. The van der Waals surface area contributed by atoms with Crippen LogP contribution in [0.4, 0.5) is 0 Å². The summed E-state index contributed by atoms with van der Waals surface area (Å²) < 4.78 is 17.2. The van der Waals surface area contributed by atoms with E-state index in [1.54, 1.807) is 62.3 Å². The summed E-state index contributed by atoms with van der Waals surface area (Å²) in [7, 11) is 0. The molecule has 0 spiro atoms. The fourth-order valence-corrected chi connectivity index (χ4v) is 9.53. The number of aliphatic carboxylic acids is 3. The lowest BCUT2D eigenvalue weighted by Crippen LogP contribution is -2.32. The number of hydrogen-bond donors (Lipinski definition) is 3. The van der Waals surface area contributed by atoms with Crippen LogP contribution in [0.25, 0.3) is 0 Å². The van der Waals surface area contributed by atoms with E-state index in [4.69, 9.17) is 49.0 Å². The van der Waals surface area contributed by atoms with Crippen LogP contribution < -0.4 is 0 Å². The van der Waals surface area contributed by atoms with E-state index in [9.17, 15) is 44.1 Å². The van der Waals surface area contributed by atoms with Crippen molar-refractivity contribution in [1.29, 1.82) is 0 Å². The van der Waals surface area contributed by atoms with Crippen LogP contribution in [-0.2, 0) is 68.7 Å². The number of ether oxygens (including phenoxy) is 3. The number of rotatable bonds is 29. The standard InChI is InChI=1S/C59H81Cl3O12.6CH4/c1-36(2)30-40-14-12-37(13-15-40)20-27-43(41-23-16-38(17-24-41)21-28-44(33-48(60)51(63)64)54(69)72-57(3,4)5)31-46(32-47(35-50(62)53(67)68)56(71)74-59(9,10)11)42-25-18-39(19-26-42)22-29-45(34-49(61)52(65)66)55(70)73-58(6,7)8;;;;;;/h12-19,23-26,36,43-50H,20-22,27-35H2,1-11H3,(H,63,64)(H,65,66)(H,67,68);6*1H4. The number of carbonyl (C=O) groups excluding carboxylic acids is 3. The summed E-state index contributed by atoms with van der Waals surface area (Å²) >= 11 is 18.7. The van der Waals surface area contributed by atoms with E-state index in [2.05, 4.69) is 50.2 Å². The molecule has 0 heterocycles. The van der Waals surface area contributed by atoms with Crippen LogP contribution >= 0.6 is 34.8 Å². The van der Waals surface area contributed by atoms with Crippen molar-refractivity contribution in [2.24, 2.45) is 23.7 Å². The molecule has 0 amide bonds. The summed E-state index contributed by atoms with van der Waals surface area (Å²) in [5.41, 5.74) is 3.75. The number of carboxylic acids is 3. The topological polar surface area (TPSA) is 191 Å². The molecule has 80 heavy (non-hydrogen) atoms. The summed E-state index contributed by atoms with van der Waals surface area (Å²) in [6.45, 7) is 20.2. The van der Waals surface area contributed by atoms with Crippen molar-refractivity contribution in [1.82, 2.24) is 0 Å². The van der Waals surface area contributed by atoms with E-state index in [0.717, 1.165) is 41.5 Å². The Kier molecular flexibility index (Phi) is 38.3. The monoisotopic (exact) mass is 1180 g/mol. The third-order valence-corrected chi connectivity index (χ3v) is 13.6. The van der Waals surface area contributed by atoms with Crippen LogP contribution in [0, 0.1) is 23.7 Å². The third-order valence-electron chi connectivity index (χ3n) is 12.6. The van der Waals surface area contributed by atoms with Crippen LogP contribution in [0.15, 0.2) is 72.8 Å². The first-order chi connectivity index (χ1) is 34.3. The average molecular weight is 1180 g/mol. The highest BCUT2D eigenvalue weighted by Gasteiger charge is 2.35. The van der Waals surface area contributed by atoms with Gasteiger partial charge < -0.3 is 29.5 Å². The van der Waals surface area contributed by atoms with Gasteiger partial charge in [0.25, 0.3) is 0 Å². The molecule has 0 aliphatic carbocycles. The molecular formula is C65H105Cl3O12. The normalized spacial score (nSPS) is 14.3. The molecule has 0 aliphatic rings. The van der Waals surface area contributed by atoms with E-state index in [0.29, 0.717) is 31.6 Å². The van der Waals surface area contributed by atoms with E-state index in [1.165, 1.54) is 11.1 Å². The summed E-state index contributed by atoms with van der Waals surface area (Å²) in [5.74, 6) is -7.52. The molecular weight excluding hydrogens is 1080 g/mol. The number of hydrogen-bond acceptors (Lipinski definition) is 9. The molecule has 0 radical (unpaired) electrons. The summed E-state index contributed by atoms with van der Waals surface area (Å²) in [4.78, 5) is 76.1. The number of halogens is 3. The van der Waals surface area contributed by atoms with Gasteiger partial charge in [0.2, 0.25) is 0 Å². The van der Waals surface area contributed by atoms with Crippen molar-refractivity contribution in [2.45, 2.75) is 243 Å². The van der Waals surface area contributed by atoms with E-state index >= 15 is 0 Å². The zero-order valence-electron chi connectivity index (χ0n) is 45.3. The molecule has 15 heteroatoms. The Morgan fingerprint density at radius 2 is 0.675 bits per heavy atom. The molecule has 0 saturated carbocycles. The average Bonchev–Trinajstić information content (AvgIpc) is 3.28. The highest BCUT2D eigenvalue weighted by Crippen LogP contribution is 2.40. The lowest BCUT2D eigenvalue weighted by molar-refractivity contribution is -0.162. The van der Waals surface area contributed by atoms with Crippen molar-refractivity contribution in [3.63, 3.8) is 0 Å². The smallest absolute Gasteiger partial charge is 0.321 e. The second-order valence-electron chi connectivity index (χ2n) is 23.2. The fraction of sp³-hybridized carbons (Fsp3) is 0.631. The molecule has 3 rings (SSSR count). The Labute approximate surface area is 498 Å². The number of alkyl halides is 3. The number of carbonyl (C=O) groups is 6. The van der Waals surface area contributed by atoms with Crippen molar-refractivity contribution >= 4 is 70.6 Å². The van der Waals surface area contributed by atoms with Gasteiger partial charge in [-0.2, -0.15) is 0 Å². The first-order valence-electron chi connectivity index (χ1n) is 25.8. The maximum atomic E-state index is 14.0. The van der Waals surface area contributed by atoms with Crippen molar-refractivity contribution < 1.29 is 58.3 Å². The number of esters is 3. The van der Waals surface area contributed by atoms with Gasteiger partial charge in [-0.1, -0.05) is 131 Å². The van der Waals surface area contributed by atoms with Gasteiger partial charge in [-0.3, -0.25) is 28.8 Å². The first kappa shape index (κ1) is 81.8. The highest BCUT2D eigenvalue weighted by atomic mass is 35.5. The van der Waals surface area contributed by atoms with Crippen molar-refractivity contribution in [3.05, 3.63) is 106 Å². The Hall–Kier alpha value is -4.65. The maximum Gasteiger partial charge on any atom is 0.321 e. The minimum absolute atomic E-state index is 0. The molecule has 12 nitrogen and oxygen atoms in total. The highest BCUT2D eigenvalue weighted by molar-refractivity contribution is 6.30. The Balaban J connectivity index is -0.00000481. The molecule has 458 valence electrons. The van der Waals surface area contributed by atoms with Crippen LogP contribution in [0.1, 0.15) is 217 Å². The van der Waals surface area contributed by atoms with Gasteiger partial charge in [0, 0.05) is 0 Å². The zero-order chi connectivity index (χ0) is 55.7. The number of benzene rings is 3. The second kappa shape index (κ2) is 37.5. The van der Waals surface area contributed by atoms with E-state index in [1.807, 2.05) is 36.4 Å². The van der Waals surface area contributed by atoms with Crippen LogP contribution in [0.3, 0.4) is 0 Å². The molecule has 0 aliphatic heterocycles. The molecule has 0 bridgehead atoms. The lowest BCUT2D eigenvalue weighted by atomic mass is 9.77. The molecule has 0 saturated heterocycles. The van der Waals surface area contributed by atoms with E-state index in [-0.39, 0.29) is 88.5 Å². The molecule has 0 fully saturated rings. The predicted molar refractivity (Wildman–Crippen MR) is 332 cm³/mol. The van der Waals surface area contributed by atoms with Crippen molar-refractivity contribution in [2.75, 3.05) is 0 Å². The third kappa shape index (κ3) is 31.0. The van der Waals surface area contributed by atoms with Gasteiger partial charge in [-0.25, -0.2) is 0 Å². The fourth-order valence-electron chi connectivity index (χ4n) is 8.88. The van der Waals surface area contributed by atoms with Gasteiger partial charge in [0.15, 0.2) is 0 Å². The number of aryl methyl sites for hydroxylation is 3. The van der Waals surface area contributed by atoms with Crippen LogP contribution in [0.5, 0.6) is 0 Å². The molecule has 3 N–H and O–H groups in total. The van der Waals surface area contributed by atoms with E-state index < -0.39 is 86.5 Å². The largest absolute Gasteiger partial charge is 0.480 e. The van der Waals surface area contributed by atoms with Gasteiger partial charge in [-0.15, -0.1) is 34.8 Å². The molecule has 3 aromatic carbocycles. The summed E-state index contributed by atoms with van der Waals surface area (Å²) in [5, 5.41) is 25.2. The molecule has 8 unspecified atom stereocenters. The minimum Gasteiger partial charge on any atom is -0.480 e. The van der Waals surface area contributed by atoms with Gasteiger partial charge in [0.1, 0.15) is 32.9 Å². The van der Waals surface area contributed by atoms with Gasteiger partial charge >= 0.3 is 35.8 Å². The SMILES string of the molecule is C.C.C.C.C.C.CC(C)Cc1ccc(CCC(CC(CC(CC(Cl)C(=O)O)C(=O)OC(C)(C)C)c2ccc(CCC(CC(Cl)C(=O)O)C(=O)OC(C)(C)C)cc2)c2ccc(CCC(CC(Cl)C(=O)O)C(=O)OC(C)(C)C)cc2)cc1. The maximum absolute atomic E-state index is 14.0. The van der Waals surface area contributed by atoms with Crippen LogP contribution in [-0.4, -0.2) is 84.1 Å². The summed E-state index contributed by atoms with van der Waals surface area (Å²) in [6.07, 6.45) is 4.33. The molecule has 8 atom stereocenters. The zero-order valence-corrected chi connectivity index (χ0v) is 47.5. The Morgan fingerprint density at radius 3 is 0.988 bits per heavy atom. The van der Waals surface area contributed by atoms with Crippen molar-refractivity contribution in [3.8, 4) is 0 Å².